The van der Waals surface area contributed by atoms with Crippen LogP contribution in [0.1, 0.15) is 25.8 Å². The van der Waals surface area contributed by atoms with E-state index in [4.69, 9.17) is 16.3 Å². The van der Waals surface area contributed by atoms with Gasteiger partial charge < -0.3 is 15.0 Å². The Morgan fingerprint density at radius 3 is 2.69 bits per heavy atom. The van der Waals surface area contributed by atoms with E-state index in [1.165, 1.54) is 18.3 Å². The zero-order chi connectivity index (χ0) is 23.3. The quantitative estimate of drug-likeness (QED) is 0.522. The van der Waals surface area contributed by atoms with Crippen molar-refractivity contribution in [3.63, 3.8) is 0 Å². The van der Waals surface area contributed by atoms with E-state index in [2.05, 4.69) is 20.3 Å². The lowest BCUT2D eigenvalue weighted by Gasteiger charge is -2.11. The zero-order valence-corrected chi connectivity index (χ0v) is 18.2. The summed E-state index contributed by atoms with van der Waals surface area (Å²) in [6, 6.07) is 9.45. The fourth-order valence-electron chi connectivity index (χ4n) is 2.74. The Morgan fingerprint density at radius 1 is 1.25 bits per heavy atom. The Labute approximate surface area is 187 Å². The lowest BCUT2D eigenvalue weighted by Crippen LogP contribution is -2.21. The van der Waals surface area contributed by atoms with Crippen LogP contribution in [0.4, 0.5) is 8.78 Å². The van der Waals surface area contributed by atoms with Crippen molar-refractivity contribution in [2.75, 3.05) is 6.61 Å². The SMILES string of the molecule is CCC(=O)NCc1ccc(Cl)c(-c2nc(-c3ccc(OCC(C)(F)F)nc3)cc(=O)[nH]2)c1. The van der Waals surface area contributed by atoms with Gasteiger partial charge >= 0.3 is 0 Å². The second-order valence-electron chi connectivity index (χ2n) is 7.17. The van der Waals surface area contributed by atoms with Crippen LogP contribution in [-0.2, 0) is 11.3 Å². The molecule has 0 saturated heterocycles. The minimum atomic E-state index is -2.98. The first kappa shape index (κ1) is 23.3. The van der Waals surface area contributed by atoms with E-state index in [-0.39, 0.29) is 17.6 Å². The van der Waals surface area contributed by atoms with Crippen molar-refractivity contribution in [2.24, 2.45) is 0 Å². The van der Waals surface area contributed by atoms with Gasteiger partial charge in [-0.1, -0.05) is 24.6 Å². The number of halogens is 3. The molecule has 0 aliphatic carbocycles. The number of aromatic nitrogens is 3. The van der Waals surface area contributed by atoms with Crippen LogP contribution in [0.3, 0.4) is 0 Å². The summed E-state index contributed by atoms with van der Waals surface area (Å²) in [6.07, 6.45) is 1.75. The summed E-state index contributed by atoms with van der Waals surface area (Å²) in [5, 5.41) is 3.15. The van der Waals surface area contributed by atoms with Gasteiger partial charge in [0, 0.05) is 49.3 Å². The van der Waals surface area contributed by atoms with Crippen LogP contribution in [-0.4, -0.2) is 33.4 Å². The Bertz CT molecular complexity index is 1160. The molecule has 168 valence electrons. The predicted octanol–water partition coefficient (Wildman–Crippen LogP) is 4.21. The average molecular weight is 463 g/mol. The van der Waals surface area contributed by atoms with Crippen molar-refractivity contribution >= 4 is 17.5 Å². The number of nitrogens with one attached hydrogen (secondary N) is 2. The minimum Gasteiger partial charge on any atom is -0.471 e. The molecule has 2 heterocycles. The van der Waals surface area contributed by atoms with Gasteiger partial charge in [-0.05, 0) is 23.8 Å². The number of nitrogens with zero attached hydrogens (tertiary/aromatic N) is 2. The smallest absolute Gasteiger partial charge is 0.278 e. The molecule has 0 radical (unpaired) electrons. The predicted molar refractivity (Wildman–Crippen MR) is 117 cm³/mol. The maximum absolute atomic E-state index is 12.9. The highest BCUT2D eigenvalue weighted by Gasteiger charge is 2.22. The molecule has 0 aliphatic rings. The van der Waals surface area contributed by atoms with E-state index < -0.39 is 18.1 Å². The first-order valence-corrected chi connectivity index (χ1v) is 10.2. The minimum absolute atomic E-state index is 0.0326. The summed E-state index contributed by atoms with van der Waals surface area (Å²) in [6.45, 7) is 2.03. The van der Waals surface area contributed by atoms with E-state index in [0.29, 0.717) is 34.8 Å². The molecular formula is C22H21ClF2N4O3. The highest BCUT2D eigenvalue weighted by atomic mass is 35.5. The van der Waals surface area contributed by atoms with E-state index in [1.807, 2.05) is 0 Å². The van der Waals surface area contributed by atoms with Gasteiger partial charge in [0.1, 0.15) is 5.82 Å². The number of hydrogen-bond donors (Lipinski definition) is 2. The Balaban J connectivity index is 1.88. The Morgan fingerprint density at radius 2 is 2.03 bits per heavy atom. The number of hydrogen-bond acceptors (Lipinski definition) is 5. The molecule has 0 aliphatic heterocycles. The summed E-state index contributed by atoms with van der Waals surface area (Å²) < 4.78 is 30.8. The summed E-state index contributed by atoms with van der Waals surface area (Å²) in [5.41, 5.74) is 1.69. The molecule has 0 saturated carbocycles. The largest absolute Gasteiger partial charge is 0.471 e. The average Bonchev–Trinajstić information content (AvgIpc) is 2.76. The van der Waals surface area contributed by atoms with Crippen LogP contribution >= 0.6 is 11.6 Å². The standard InChI is InChI=1S/C22H21ClF2N4O3/c1-3-18(30)26-10-13-4-6-16(23)15(8-13)21-28-17(9-19(31)29-21)14-5-7-20(27-11-14)32-12-22(2,24)25/h4-9,11H,3,10,12H2,1-2H3,(H,26,30)(H,28,29,31). The number of pyridine rings is 1. The molecule has 0 unspecified atom stereocenters. The van der Waals surface area contributed by atoms with Gasteiger partial charge in [-0.3, -0.25) is 9.59 Å². The van der Waals surface area contributed by atoms with Gasteiger partial charge in [-0.15, -0.1) is 0 Å². The monoisotopic (exact) mass is 462 g/mol. The second kappa shape index (κ2) is 9.86. The number of amides is 1. The molecule has 1 amide bonds. The van der Waals surface area contributed by atoms with Crippen molar-refractivity contribution in [2.45, 2.75) is 32.7 Å². The highest BCUT2D eigenvalue weighted by Crippen LogP contribution is 2.27. The lowest BCUT2D eigenvalue weighted by atomic mass is 10.1. The third kappa shape index (κ3) is 6.34. The third-order valence-electron chi connectivity index (χ3n) is 4.34. The van der Waals surface area contributed by atoms with E-state index >= 15 is 0 Å². The van der Waals surface area contributed by atoms with Crippen molar-refractivity contribution < 1.29 is 18.3 Å². The number of H-pyrrole nitrogens is 1. The lowest BCUT2D eigenvalue weighted by molar-refractivity contribution is -0.120. The molecule has 0 spiro atoms. The molecule has 3 aromatic rings. The molecule has 2 N–H and O–H groups in total. The van der Waals surface area contributed by atoms with Gasteiger partial charge in [0.15, 0.2) is 6.61 Å². The number of aromatic amines is 1. The normalized spacial score (nSPS) is 11.3. The van der Waals surface area contributed by atoms with E-state index in [1.54, 1.807) is 31.2 Å². The number of rotatable bonds is 8. The van der Waals surface area contributed by atoms with Crippen LogP contribution in [0.15, 0.2) is 47.4 Å². The zero-order valence-electron chi connectivity index (χ0n) is 17.4. The maximum atomic E-state index is 12.9. The fourth-order valence-corrected chi connectivity index (χ4v) is 2.95. The van der Waals surface area contributed by atoms with Gasteiger partial charge in [0.25, 0.3) is 11.5 Å². The first-order chi connectivity index (χ1) is 15.1. The van der Waals surface area contributed by atoms with Gasteiger partial charge in [0.2, 0.25) is 11.8 Å². The third-order valence-corrected chi connectivity index (χ3v) is 4.67. The molecule has 0 atom stereocenters. The Kier molecular flexibility index (Phi) is 7.19. The highest BCUT2D eigenvalue weighted by molar-refractivity contribution is 6.33. The number of ether oxygens (including phenoxy) is 1. The van der Waals surface area contributed by atoms with Crippen LogP contribution in [0.2, 0.25) is 5.02 Å². The second-order valence-corrected chi connectivity index (χ2v) is 7.57. The van der Waals surface area contributed by atoms with Crippen LogP contribution in [0.5, 0.6) is 5.88 Å². The van der Waals surface area contributed by atoms with Crippen molar-refractivity contribution in [1.29, 1.82) is 0 Å². The Hall–Kier alpha value is -3.33. The molecule has 32 heavy (non-hydrogen) atoms. The van der Waals surface area contributed by atoms with E-state index in [0.717, 1.165) is 12.5 Å². The van der Waals surface area contributed by atoms with Crippen LogP contribution in [0.25, 0.3) is 22.6 Å². The summed E-state index contributed by atoms with van der Waals surface area (Å²) in [7, 11) is 0. The summed E-state index contributed by atoms with van der Waals surface area (Å²) >= 11 is 6.32. The first-order valence-electron chi connectivity index (χ1n) is 9.78. The summed E-state index contributed by atoms with van der Waals surface area (Å²) in [5.74, 6) is -2.79. The number of carbonyl (C=O) groups excluding carboxylic acids is 1. The van der Waals surface area contributed by atoms with E-state index in [9.17, 15) is 18.4 Å². The van der Waals surface area contributed by atoms with Crippen LogP contribution < -0.4 is 15.6 Å². The van der Waals surface area contributed by atoms with Crippen molar-refractivity contribution in [3.05, 3.63) is 63.5 Å². The maximum Gasteiger partial charge on any atom is 0.278 e. The van der Waals surface area contributed by atoms with Crippen molar-refractivity contribution in [1.82, 2.24) is 20.3 Å². The number of carbonyl (C=O) groups is 1. The molecule has 1 aromatic carbocycles. The number of alkyl halides is 2. The molecule has 10 heteroatoms. The summed E-state index contributed by atoms with van der Waals surface area (Å²) in [4.78, 5) is 34.9. The topological polar surface area (TPSA) is 97.0 Å². The molecule has 2 aromatic heterocycles. The fraction of sp³-hybridized carbons (Fsp3) is 0.273. The van der Waals surface area contributed by atoms with Crippen molar-refractivity contribution in [3.8, 4) is 28.5 Å². The van der Waals surface area contributed by atoms with Gasteiger partial charge in [-0.25, -0.2) is 18.7 Å². The molecule has 0 bridgehead atoms. The van der Waals surface area contributed by atoms with Crippen LogP contribution in [0, 0.1) is 0 Å². The van der Waals surface area contributed by atoms with Gasteiger partial charge in [0.05, 0.1) is 10.7 Å². The molecular weight excluding hydrogens is 442 g/mol. The molecule has 3 rings (SSSR count). The van der Waals surface area contributed by atoms with Gasteiger partial charge in [-0.2, -0.15) is 0 Å². The number of benzene rings is 1. The molecule has 0 fully saturated rings. The molecule has 7 nitrogen and oxygen atoms in total.